The molecule has 0 bridgehead atoms. The smallest absolute Gasteiger partial charge is 0.478 e. The predicted molar refractivity (Wildman–Crippen MR) is 60.8 cm³/mol. The predicted octanol–water partition coefficient (Wildman–Crippen LogP) is 0.103. The number of hydrogen-bond donors (Lipinski definition) is 3. The molecule has 1 aromatic carbocycles. The van der Waals surface area contributed by atoms with E-state index in [1.54, 1.807) is 30.3 Å². The minimum atomic E-state index is -1.77. The number of para-hydroxylation sites is 1. The molecule has 0 heterocycles. The van der Waals surface area contributed by atoms with Crippen LogP contribution in [-0.4, -0.2) is 34.9 Å². The van der Waals surface area contributed by atoms with Crippen molar-refractivity contribution in [2.24, 2.45) is 0 Å². The molecule has 0 atom stereocenters. The van der Waals surface area contributed by atoms with E-state index in [0.29, 0.717) is 5.69 Å². The molecule has 3 N–H and O–H groups in total. The van der Waals surface area contributed by atoms with Gasteiger partial charge in [0, 0.05) is 17.8 Å². The highest BCUT2D eigenvalue weighted by molar-refractivity contribution is 6.47. The fourth-order valence-corrected chi connectivity index (χ4v) is 1.20. The molecule has 0 amide bonds. The summed E-state index contributed by atoms with van der Waals surface area (Å²) in [6.07, 6.45) is 0. The number of carboxylic acids is 1. The summed E-state index contributed by atoms with van der Waals surface area (Å²) in [7, 11) is -1.77. The van der Waals surface area contributed by atoms with Crippen molar-refractivity contribution in [3.63, 3.8) is 0 Å². The van der Waals surface area contributed by atoms with Crippen LogP contribution in [0.1, 0.15) is 0 Å². The standard InChI is InChI=1S/C10H12BNO4/c1-8(10(13)14)7-12(11(15)16)9-5-3-2-4-6-9/h2-6,15-16H,1,7H2,(H,13,14). The van der Waals surface area contributed by atoms with E-state index in [-0.39, 0.29) is 12.1 Å². The van der Waals surface area contributed by atoms with Crippen LogP contribution in [0.2, 0.25) is 0 Å². The summed E-state index contributed by atoms with van der Waals surface area (Å²) in [5, 5.41) is 27.0. The van der Waals surface area contributed by atoms with E-state index in [1.165, 1.54) is 0 Å². The fraction of sp³-hybridized carbons (Fsp3) is 0.100. The van der Waals surface area contributed by atoms with Crippen molar-refractivity contribution >= 4 is 18.9 Å². The van der Waals surface area contributed by atoms with Gasteiger partial charge in [-0.15, -0.1) is 0 Å². The Morgan fingerprint density at radius 3 is 2.31 bits per heavy atom. The van der Waals surface area contributed by atoms with Crippen molar-refractivity contribution in [1.29, 1.82) is 0 Å². The van der Waals surface area contributed by atoms with Crippen LogP contribution >= 0.6 is 0 Å². The zero-order valence-corrected chi connectivity index (χ0v) is 8.58. The Kier molecular flexibility index (Phi) is 4.10. The van der Waals surface area contributed by atoms with Gasteiger partial charge < -0.3 is 20.0 Å². The SMILES string of the molecule is C=C(CN(B(O)O)c1ccccc1)C(=O)O. The number of benzene rings is 1. The lowest BCUT2D eigenvalue weighted by atomic mass is 10.0. The van der Waals surface area contributed by atoms with E-state index in [4.69, 9.17) is 15.2 Å². The lowest BCUT2D eigenvalue weighted by molar-refractivity contribution is -0.132. The maximum Gasteiger partial charge on any atom is 0.588 e. The number of hydrogen-bond acceptors (Lipinski definition) is 4. The maximum absolute atomic E-state index is 10.6. The average Bonchev–Trinajstić information content (AvgIpc) is 2.26. The second kappa shape index (κ2) is 5.34. The molecule has 5 nitrogen and oxygen atoms in total. The molecule has 84 valence electrons. The normalized spacial score (nSPS) is 9.62. The molecule has 0 radical (unpaired) electrons. The first-order chi connectivity index (χ1) is 7.52. The molecule has 0 saturated carbocycles. The molecule has 0 aliphatic carbocycles. The summed E-state index contributed by atoms with van der Waals surface area (Å²) in [5.41, 5.74) is 0.400. The van der Waals surface area contributed by atoms with E-state index < -0.39 is 13.2 Å². The van der Waals surface area contributed by atoms with Crippen molar-refractivity contribution in [3.8, 4) is 0 Å². The molecular weight excluding hydrogens is 209 g/mol. The Morgan fingerprint density at radius 2 is 1.88 bits per heavy atom. The summed E-state index contributed by atoms with van der Waals surface area (Å²) in [5.74, 6) is -1.17. The van der Waals surface area contributed by atoms with Gasteiger partial charge in [-0.05, 0) is 12.1 Å². The molecule has 6 heteroatoms. The Hall–Kier alpha value is -1.79. The molecule has 0 aliphatic heterocycles. The van der Waals surface area contributed by atoms with Crippen molar-refractivity contribution in [3.05, 3.63) is 42.5 Å². The second-order valence-electron chi connectivity index (χ2n) is 3.22. The molecule has 16 heavy (non-hydrogen) atoms. The molecule has 0 fully saturated rings. The van der Waals surface area contributed by atoms with Gasteiger partial charge in [0.2, 0.25) is 0 Å². The summed E-state index contributed by atoms with van der Waals surface area (Å²) in [6, 6.07) is 8.50. The summed E-state index contributed by atoms with van der Waals surface area (Å²) < 4.78 is 0. The van der Waals surface area contributed by atoms with E-state index in [1.807, 2.05) is 0 Å². The molecule has 1 rings (SSSR count). The Bertz CT molecular complexity index is 380. The molecule has 0 aliphatic rings. The molecular formula is C10H12BNO4. The third-order valence-corrected chi connectivity index (χ3v) is 2.03. The van der Waals surface area contributed by atoms with E-state index in [2.05, 4.69) is 6.58 Å². The molecule has 0 saturated heterocycles. The highest BCUT2D eigenvalue weighted by Gasteiger charge is 2.23. The number of anilines is 1. The van der Waals surface area contributed by atoms with Crippen LogP contribution in [0.15, 0.2) is 42.5 Å². The van der Waals surface area contributed by atoms with Crippen LogP contribution in [0.4, 0.5) is 5.69 Å². The van der Waals surface area contributed by atoms with Gasteiger partial charge in [-0.2, -0.15) is 0 Å². The highest BCUT2D eigenvalue weighted by Crippen LogP contribution is 2.14. The van der Waals surface area contributed by atoms with Crippen LogP contribution in [0, 0.1) is 0 Å². The van der Waals surface area contributed by atoms with Crippen LogP contribution in [0.5, 0.6) is 0 Å². The van der Waals surface area contributed by atoms with Gasteiger partial charge in [0.15, 0.2) is 0 Å². The van der Waals surface area contributed by atoms with Gasteiger partial charge in [-0.3, -0.25) is 0 Å². The quantitative estimate of drug-likeness (QED) is 0.485. The van der Waals surface area contributed by atoms with Crippen LogP contribution in [-0.2, 0) is 4.79 Å². The average molecular weight is 221 g/mol. The Morgan fingerprint density at radius 1 is 1.31 bits per heavy atom. The van der Waals surface area contributed by atoms with Gasteiger partial charge in [-0.1, -0.05) is 24.8 Å². The first kappa shape index (κ1) is 12.3. The van der Waals surface area contributed by atoms with Crippen molar-refractivity contribution < 1.29 is 19.9 Å². The zero-order valence-electron chi connectivity index (χ0n) is 8.58. The minimum absolute atomic E-state index is 0.114. The summed E-state index contributed by atoms with van der Waals surface area (Å²) in [4.78, 5) is 11.7. The van der Waals surface area contributed by atoms with E-state index >= 15 is 0 Å². The van der Waals surface area contributed by atoms with Gasteiger partial charge in [0.05, 0.1) is 0 Å². The first-order valence-corrected chi connectivity index (χ1v) is 4.61. The van der Waals surface area contributed by atoms with Gasteiger partial charge in [0.1, 0.15) is 0 Å². The van der Waals surface area contributed by atoms with Crippen LogP contribution in [0.25, 0.3) is 0 Å². The number of rotatable bonds is 5. The molecule has 0 spiro atoms. The van der Waals surface area contributed by atoms with Crippen molar-refractivity contribution in [1.82, 2.24) is 0 Å². The molecule has 0 aromatic heterocycles. The minimum Gasteiger partial charge on any atom is -0.478 e. The van der Waals surface area contributed by atoms with Crippen LogP contribution in [0.3, 0.4) is 0 Å². The van der Waals surface area contributed by atoms with Gasteiger partial charge in [-0.25, -0.2) is 4.79 Å². The number of carbonyl (C=O) groups is 1. The number of carboxylic acid groups (broad SMARTS) is 1. The Labute approximate surface area is 93.4 Å². The summed E-state index contributed by atoms with van der Waals surface area (Å²) >= 11 is 0. The lowest BCUT2D eigenvalue weighted by Crippen LogP contribution is -2.41. The molecule has 1 aromatic rings. The topological polar surface area (TPSA) is 81.0 Å². The third-order valence-electron chi connectivity index (χ3n) is 2.03. The van der Waals surface area contributed by atoms with Crippen LogP contribution < -0.4 is 4.81 Å². The molecule has 0 unspecified atom stereocenters. The monoisotopic (exact) mass is 221 g/mol. The third kappa shape index (κ3) is 3.11. The Balaban J connectivity index is 2.85. The van der Waals surface area contributed by atoms with Crippen molar-refractivity contribution in [2.75, 3.05) is 11.4 Å². The van der Waals surface area contributed by atoms with Crippen molar-refractivity contribution in [2.45, 2.75) is 0 Å². The van der Waals surface area contributed by atoms with Gasteiger partial charge in [0.25, 0.3) is 0 Å². The van der Waals surface area contributed by atoms with E-state index in [0.717, 1.165) is 4.81 Å². The first-order valence-electron chi connectivity index (χ1n) is 4.61. The van der Waals surface area contributed by atoms with E-state index in [9.17, 15) is 4.79 Å². The largest absolute Gasteiger partial charge is 0.588 e. The van der Waals surface area contributed by atoms with Gasteiger partial charge >= 0.3 is 13.2 Å². The fourth-order valence-electron chi connectivity index (χ4n) is 1.20. The second-order valence-corrected chi connectivity index (χ2v) is 3.22. The lowest BCUT2D eigenvalue weighted by Gasteiger charge is -2.23. The maximum atomic E-state index is 10.6. The highest BCUT2D eigenvalue weighted by atomic mass is 16.4. The number of nitrogens with zero attached hydrogens (tertiary/aromatic N) is 1. The summed E-state index contributed by atoms with van der Waals surface area (Å²) in [6.45, 7) is 3.18. The number of aliphatic carboxylic acids is 1. The zero-order chi connectivity index (χ0) is 12.1.